The predicted octanol–water partition coefficient (Wildman–Crippen LogP) is 3.35. The van der Waals surface area contributed by atoms with Crippen LogP contribution in [-0.4, -0.2) is 5.16 Å². The summed E-state index contributed by atoms with van der Waals surface area (Å²) in [4.78, 5) is 3.86. The van der Waals surface area contributed by atoms with E-state index in [-0.39, 0.29) is 0 Å². The topological polar surface area (TPSA) is 36.1 Å². The largest absolute Gasteiger partial charge is 0.198 e. The zero-order valence-corrected chi connectivity index (χ0v) is 8.29. The summed E-state index contributed by atoms with van der Waals surface area (Å²) in [5, 5.41) is 10.6. The smallest absolute Gasteiger partial charge is 0.0745 e. The highest BCUT2D eigenvalue weighted by Crippen LogP contribution is 2.14. The third-order valence-electron chi connectivity index (χ3n) is 1.56. The molecule has 0 radical (unpaired) electrons. The van der Waals surface area contributed by atoms with Crippen molar-refractivity contribution >= 4 is 29.1 Å². The lowest BCUT2D eigenvalue weighted by Gasteiger charge is -1.93. The molecule has 3 heteroatoms. The minimum atomic E-state index is 0.417. The Morgan fingerprint density at radius 3 is 3.07 bits per heavy atom. The van der Waals surface area contributed by atoms with Gasteiger partial charge in [-0.2, -0.15) is 10.3 Å². The Hall–Kier alpha value is -1.75. The van der Waals surface area contributed by atoms with Gasteiger partial charge in [-0.1, -0.05) is 24.3 Å². The monoisotopic (exact) mass is 200 g/mol. The van der Waals surface area contributed by atoms with Gasteiger partial charge in [0.25, 0.3) is 0 Å². The first-order valence-corrected chi connectivity index (χ1v) is 4.49. The van der Waals surface area contributed by atoms with Gasteiger partial charge in [0.15, 0.2) is 0 Å². The first-order chi connectivity index (χ1) is 6.86. The molecule has 0 atom stereocenters. The molecule has 0 spiro atoms. The lowest BCUT2D eigenvalue weighted by Crippen LogP contribution is -1.70. The van der Waals surface area contributed by atoms with Crippen LogP contribution in [0.4, 0.5) is 5.69 Å². The Morgan fingerprint density at radius 2 is 2.36 bits per heavy atom. The fraction of sp³-hybridized carbons (Fsp3) is 0.0909. The van der Waals surface area contributed by atoms with Crippen molar-refractivity contribution in [2.24, 2.45) is 4.99 Å². The van der Waals surface area contributed by atoms with Crippen LogP contribution in [0.1, 0.15) is 12.0 Å². The zero-order chi connectivity index (χ0) is 10.2. The van der Waals surface area contributed by atoms with Gasteiger partial charge >= 0.3 is 0 Å². The van der Waals surface area contributed by atoms with Gasteiger partial charge in [0, 0.05) is 0 Å². The Bertz CT molecular complexity index is 423. The fourth-order valence-electron chi connectivity index (χ4n) is 0.998. The van der Waals surface area contributed by atoms with E-state index >= 15 is 0 Å². The van der Waals surface area contributed by atoms with Crippen molar-refractivity contribution in [1.82, 2.24) is 0 Å². The summed E-state index contributed by atoms with van der Waals surface area (Å²) in [6.45, 7) is 0. The molecule has 0 heterocycles. The van der Waals surface area contributed by atoms with Crippen LogP contribution in [0.2, 0.25) is 0 Å². The number of rotatable bonds is 3. The number of thiocarbonyl (C=S) groups is 1. The second-order valence-corrected chi connectivity index (χ2v) is 2.75. The summed E-state index contributed by atoms with van der Waals surface area (Å²) in [5.74, 6) is 0. The third-order valence-corrected chi connectivity index (χ3v) is 1.66. The lowest BCUT2D eigenvalue weighted by molar-refractivity contribution is 1.36. The van der Waals surface area contributed by atoms with Crippen molar-refractivity contribution in [2.75, 3.05) is 0 Å². The number of benzene rings is 1. The van der Waals surface area contributed by atoms with Crippen LogP contribution in [0.5, 0.6) is 0 Å². The molecule has 0 bridgehead atoms. The molecule has 1 aromatic rings. The molecule has 0 aliphatic heterocycles. The quantitative estimate of drug-likeness (QED) is 0.554. The van der Waals surface area contributed by atoms with E-state index < -0.39 is 0 Å². The summed E-state index contributed by atoms with van der Waals surface area (Å²) in [7, 11) is 0. The maximum Gasteiger partial charge on any atom is 0.0745 e. The second-order valence-electron chi connectivity index (χ2n) is 2.56. The van der Waals surface area contributed by atoms with E-state index in [4.69, 9.17) is 5.26 Å². The van der Waals surface area contributed by atoms with Gasteiger partial charge in [-0.05, 0) is 29.9 Å². The molecule has 1 aromatic carbocycles. The number of nitrogens with zero attached hydrogens (tertiary/aromatic N) is 2. The molecule has 0 saturated heterocycles. The van der Waals surface area contributed by atoms with Crippen LogP contribution in [0.15, 0.2) is 35.3 Å². The van der Waals surface area contributed by atoms with Crippen LogP contribution >= 0.6 is 12.2 Å². The first kappa shape index (κ1) is 10.3. The highest BCUT2D eigenvalue weighted by atomic mass is 32.1. The molecule has 2 nitrogen and oxygen atoms in total. The molecule has 0 aliphatic carbocycles. The minimum Gasteiger partial charge on any atom is -0.198 e. The van der Waals surface area contributed by atoms with Crippen molar-refractivity contribution < 1.29 is 0 Å². The molecular weight excluding hydrogens is 192 g/mol. The highest BCUT2D eigenvalue weighted by Gasteiger charge is 1.89. The lowest BCUT2D eigenvalue weighted by atomic mass is 10.2. The van der Waals surface area contributed by atoms with E-state index in [0.29, 0.717) is 6.42 Å². The summed E-state index contributed by atoms with van der Waals surface area (Å²) < 4.78 is 0. The average molecular weight is 200 g/mol. The van der Waals surface area contributed by atoms with E-state index in [1.807, 2.05) is 36.4 Å². The van der Waals surface area contributed by atoms with Crippen molar-refractivity contribution in [3.8, 4) is 6.07 Å². The molecule has 14 heavy (non-hydrogen) atoms. The Morgan fingerprint density at radius 1 is 1.50 bits per heavy atom. The molecule has 0 unspecified atom stereocenters. The minimum absolute atomic E-state index is 0.417. The molecule has 1 rings (SSSR count). The average Bonchev–Trinajstić information content (AvgIpc) is 2.19. The van der Waals surface area contributed by atoms with Gasteiger partial charge in [0.2, 0.25) is 0 Å². The van der Waals surface area contributed by atoms with Gasteiger partial charge in [-0.15, -0.1) is 0 Å². The van der Waals surface area contributed by atoms with E-state index in [2.05, 4.69) is 22.4 Å². The normalized spacial score (nSPS) is 9.36. The van der Waals surface area contributed by atoms with Gasteiger partial charge in [0.05, 0.1) is 23.3 Å². The number of hydrogen-bond acceptors (Lipinski definition) is 3. The second kappa shape index (κ2) is 5.82. The Labute approximate surface area is 88.2 Å². The van der Waals surface area contributed by atoms with E-state index in [1.165, 1.54) is 0 Å². The van der Waals surface area contributed by atoms with Crippen molar-refractivity contribution in [3.63, 3.8) is 0 Å². The maximum atomic E-state index is 8.34. The molecule has 0 aliphatic rings. The highest BCUT2D eigenvalue weighted by molar-refractivity contribution is 7.78. The molecular formula is C11H8N2S. The van der Waals surface area contributed by atoms with E-state index in [1.54, 1.807) is 6.08 Å². The summed E-state index contributed by atoms with van der Waals surface area (Å²) >= 11 is 4.51. The Balaban J connectivity index is 2.84. The standard InChI is InChI=1S/C11H8N2S/c12-7-2-1-4-10-5-3-6-11(8-10)13-9-14/h1,3-6,8H,2H2. The first-order valence-electron chi connectivity index (χ1n) is 4.08. The molecule has 0 saturated carbocycles. The van der Waals surface area contributed by atoms with Crippen LogP contribution in [0.25, 0.3) is 6.08 Å². The van der Waals surface area contributed by atoms with E-state index in [0.717, 1.165) is 11.3 Å². The van der Waals surface area contributed by atoms with Gasteiger partial charge < -0.3 is 0 Å². The third kappa shape index (κ3) is 3.32. The molecule has 68 valence electrons. The van der Waals surface area contributed by atoms with Crippen molar-refractivity contribution in [3.05, 3.63) is 35.9 Å². The zero-order valence-electron chi connectivity index (χ0n) is 7.47. The predicted molar refractivity (Wildman–Crippen MR) is 60.4 cm³/mol. The van der Waals surface area contributed by atoms with Crippen molar-refractivity contribution in [1.29, 1.82) is 5.26 Å². The van der Waals surface area contributed by atoms with Crippen LogP contribution in [0, 0.1) is 11.3 Å². The molecule has 0 N–H and O–H groups in total. The number of aliphatic imine (C=N–C) groups is 1. The number of allylic oxidation sites excluding steroid dienone is 1. The number of isothiocyanates is 1. The number of nitriles is 1. The summed E-state index contributed by atoms with van der Waals surface area (Å²) in [6, 6.07) is 9.60. The molecule has 0 fully saturated rings. The van der Waals surface area contributed by atoms with Gasteiger partial charge in [-0.25, -0.2) is 0 Å². The van der Waals surface area contributed by atoms with Gasteiger partial charge in [0.1, 0.15) is 0 Å². The van der Waals surface area contributed by atoms with Crippen molar-refractivity contribution in [2.45, 2.75) is 6.42 Å². The maximum absolute atomic E-state index is 8.34. The number of hydrogen-bond donors (Lipinski definition) is 0. The van der Waals surface area contributed by atoms with Crippen LogP contribution in [-0.2, 0) is 0 Å². The van der Waals surface area contributed by atoms with Gasteiger partial charge in [-0.3, -0.25) is 0 Å². The van der Waals surface area contributed by atoms with Crippen LogP contribution in [0.3, 0.4) is 0 Å². The van der Waals surface area contributed by atoms with Crippen LogP contribution < -0.4 is 0 Å². The van der Waals surface area contributed by atoms with E-state index in [9.17, 15) is 0 Å². The summed E-state index contributed by atoms with van der Waals surface area (Å²) in [6.07, 6.45) is 4.10. The summed E-state index contributed by atoms with van der Waals surface area (Å²) in [5.41, 5.74) is 1.78. The molecule has 0 aromatic heterocycles. The SMILES string of the molecule is N#CCC=Cc1cccc(N=C=S)c1. The Kier molecular flexibility index (Phi) is 4.30. The fourth-order valence-corrected chi connectivity index (χ4v) is 1.10. The molecule has 0 amide bonds.